The first-order valence-corrected chi connectivity index (χ1v) is 11.8. The molecule has 0 fully saturated rings. The largest absolute Gasteiger partial charge is 0.366 e. The summed E-state index contributed by atoms with van der Waals surface area (Å²) < 4.78 is 0. The van der Waals surface area contributed by atoms with Gasteiger partial charge in [-0.3, -0.25) is 14.4 Å². The highest BCUT2D eigenvalue weighted by Crippen LogP contribution is 2.29. The van der Waals surface area contributed by atoms with Gasteiger partial charge in [0.05, 0.1) is 12.1 Å². The van der Waals surface area contributed by atoms with Crippen LogP contribution in [0.15, 0.2) is 42.0 Å². The molecule has 0 spiro atoms. The van der Waals surface area contributed by atoms with E-state index < -0.39 is 28.8 Å². The second-order valence-corrected chi connectivity index (χ2v) is 11.0. The lowest BCUT2D eigenvalue weighted by atomic mass is 9.76. The number of nitrogens with zero attached hydrogens (tertiary/aromatic N) is 1. The average Bonchev–Trinajstić information content (AvgIpc) is 2.74. The minimum Gasteiger partial charge on any atom is -0.366 e. The fraction of sp³-hybridized carbons (Fsp3) is 0.593. The second-order valence-electron chi connectivity index (χ2n) is 11.0. The third-order valence-corrected chi connectivity index (χ3v) is 6.48. The Balaban J connectivity index is 3.29. The van der Waals surface area contributed by atoms with Crippen LogP contribution in [-0.2, 0) is 19.8 Å². The van der Waals surface area contributed by atoms with E-state index in [4.69, 9.17) is 5.73 Å². The van der Waals surface area contributed by atoms with Crippen LogP contribution >= 0.6 is 0 Å². The number of likely N-dealkylation sites (N-methyl/N-ethyl adjacent to an activating group) is 2. The van der Waals surface area contributed by atoms with Gasteiger partial charge in [-0.25, -0.2) is 0 Å². The maximum atomic E-state index is 13.7. The average molecular weight is 473 g/mol. The molecular weight excluding hydrogens is 428 g/mol. The van der Waals surface area contributed by atoms with Crippen molar-refractivity contribution in [1.82, 2.24) is 15.5 Å². The zero-order chi connectivity index (χ0) is 26.4. The second kappa shape index (κ2) is 11.6. The third-order valence-electron chi connectivity index (χ3n) is 6.48. The summed E-state index contributed by atoms with van der Waals surface area (Å²) in [6.45, 7) is 15.4. The Morgan fingerprint density at radius 2 is 1.53 bits per heavy atom. The highest BCUT2D eigenvalue weighted by Gasteiger charge is 2.41. The first-order valence-electron chi connectivity index (χ1n) is 11.8. The zero-order valence-electron chi connectivity index (χ0n) is 22.5. The molecule has 1 aromatic rings. The van der Waals surface area contributed by atoms with Gasteiger partial charge < -0.3 is 21.3 Å². The van der Waals surface area contributed by atoms with Crippen LogP contribution in [0.25, 0.3) is 0 Å². The number of carbonyl (C=O) groups is 3. The van der Waals surface area contributed by atoms with Crippen molar-refractivity contribution in [2.24, 2.45) is 17.1 Å². The summed E-state index contributed by atoms with van der Waals surface area (Å²) in [6, 6.07) is 8.17. The molecule has 0 saturated heterocycles. The van der Waals surface area contributed by atoms with Crippen LogP contribution in [-0.4, -0.2) is 54.8 Å². The van der Waals surface area contributed by atoms with Gasteiger partial charge >= 0.3 is 0 Å². The SMILES string of the molecule is CN[C@@H](C(=O)N[C@H](C(=O)N(C)[C@H](C=C(C)C(N)=O)C(C)C)C(C)(C)C)C(C)(C)c1ccccc1. The van der Waals surface area contributed by atoms with E-state index in [1.807, 2.05) is 78.8 Å². The van der Waals surface area contributed by atoms with E-state index >= 15 is 0 Å². The number of carbonyl (C=O) groups excluding carboxylic acids is 3. The molecule has 7 nitrogen and oxygen atoms in total. The lowest BCUT2D eigenvalue weighted by molar-refractivity contribution is -0.140. The van der Waals surface area contributed by atoms with Crippen molar-refractivity contribution in [2.45, 2.75) is 78.9 Å². The Kier molecular flexibility index (Phi) is 10.1. The molecule has 0 radical (unpaired) electrons. The molecule has 4 N–H and O–H groups in total. The van der Waals surface area contributed by atoms with Crippen molar-refractivity contribution in [3.05, 3.63) is 47.5 Å². The number of nitrogens with one attached hydrogen (secondary N) is 2. The van der Waals surface area contributed by atoms with Gasteiger partial charge in [0.15, 0.2) is 0 Å². The van der Waals surface area contributed by atoms with E-state index in [9.17, 15) is 14.4 Å². The van der Waals surface area contributed by atoms with Crippen LogP contribution in [0.2, 0.25) is 0 Å². The quantitative estimate of drug-likeness (QED) is 0.455. The molecule has 34 heavy (non-hydrogen) atoms. The summed E-state index contributed by atoms with van der Waals surface area (Å²) in [5.41, 5.74) is 5.78. The van der Waals surface area contributed by atoms with Crippen LogP contribution in [0.3, 0.4) is 0 Å². The van der Waals surface area contributed by atoms with Gasteiger partial charge in [0.1, 0.15) is 6.04 Å². The molecule has 190 valence electrons. The predicted octanol–water partition coefficient (Wildman–Crippen LogP) is 3.00. The van der Waals surface area contributed by atoms with Gasteiger partial charge in [-0.2, -0.15) is 0 Å². The van der Waals surface area contributed by atoms with Gasteiger partial charge in [0.2, 0.25) is 17.7 Å². The number of primary amides is 1. The Bertz CT molecular complexity index is 885. The normalized spacial score (nSPS) is 15.4. The molecule has 0 saturated carbocycles. The van der Waals surface area contributed by atoms with E-state index in [2.05, 4.69) is 10.6 Å². The van der Waals surface area contributed by atoms with E-state index in [1.54, 1.807) is 32.0 Å². The van der Waals surface area contributed by atoms with Crippen molar-refractivity contribution < 1.29 is 14.4 Å². The van der Waals surface area contributed by atoms with Crippen LogP contribution in [0.4, 0.5) is 0 Å². The minimum atomic E-state index is -0.768. The van der Waals surface area contributed by atoms with Gasteiger partial charge in [-0.15, -0.1) is 0 Å². The van der Waals surface area contributed by atoms with Gasteiger partial charge in [-0.1, -0.05) is 84.9 Å². The molecule has 3 atom stereocenters. The summed E-state index contributed by atoms with van der Waals surface area (Å²) in [7, 11) is 3.45. The molecule has 0 aliphatic heterocycles. The number of nitrogens with two attached hydrogens (primary N) is 1. The highest BCUT2D eigenvalue weighted by molar-refractivity contribution is 5.92. The van der Waals surface area contributed by atoms with Crippen molar-refractivity contribution in [3.8, 4) is 0 Å². The zero-order valence-corrected chi connectivity index (χ0v) is 22.5. The van der Waals surface area contributed by atoms with Gasteiger partial charge in [0.25, 0.3) is 0 Å². The molecule has 3 amide bonds. The number of amides is 3. The summed E-state index contributed by atoms with van der Waals surface area (Å²) in [4.78, 5) is 40.4. The number of hydrogen-bond acceptors (Lipinski definition) is 4. The Hall–Kier alpha value is -2.67. The van der Waals surface area contributed by atoms with E-state index in [1.165, 1.54) is 0 Å². The van der Waals surface area contributed by atoms with E-state index in [-0.39, 0.29) is 23.8 Å². The first kappa shape index (κ1) is 29.4. The van der Waals surface area contributed by atoms with Gasteiger partial charge in [0, 0.05) is 18.0 Å². The molecule has 1 aromatic carbocycles. The molecule has 0 heterocycles. The minimum absolute atomic E-state index is 0.0432. The summed E-state index contributed by atoms with van der Waals surface area (Å²) in [6.07, 6.45) is 1.72. The van der Waals surface area contributed by atoms with Crippen LogP contribution in [0.5, 0.6) is 0 Å². The number of hydrogen-bond donors (Lipinski definition) is 3. The lowest BCUT2D eigenvalue weighted by Crippen LogP contribution is -2.61. The smallest absolute Gasteiger partial charge is 0.245 e. The van der Waals surface area contributed by atoms with Crippen molar-refractivity contribution >= 4 is 17.7 Å². The van der Waals surface area contributed by atoms with E-state index in [0.29, 0.717) is 5.57 Å². The monoisotopic (exact) mass is 472 g/mol. The molecule has 0 bridgehead atoms. The molecule has 1 rings (SSSR count). The van der Waals surface area contributed by atoms with Crippen molar-refractivity contribution in [1.29, 1.82) is 0 Å². The summed E-state index contributed by atoms with van der Waals surface area (Å²) in [5.74, 6) is -0.947. The maximum absolute atomic E-state index is 13.7. The maximum Gasteiger partial charge on any atom is 0.245 e. The van der Waals surface area contributed by atoms with Gasteiger partial charge in [-0.05, 0) is 30.9 Å². The Morgan fingerprint density at radius 3 is 1.94 bits per heavy atom. The summed E-state index contributed by atoms with van der Waals surface area (Å²) >= 11 is 0. The molecule has 0 aliphatic carbocycles. The fourth-order valence-corrected chi connectivity index (χ4v) is 4.17. The predicted molar refractivity (Wildman–Crippen MR) is 138 cm³/mol. The molecule has 0 aliphatic rings. The lowest BCUT2D eigenvalue weighted by Gasteiger charge is -2.40. The Morgan fingerprint density at radius 1 is 1.00 bits per heavy atom. The first-order chi connectivity index (χ1) is 15.5. The van der Waals surface area contributed by atoms with Crippen LogP contribution < -0.4 is 16.4 Å². The molecular formula is C27H44N4O3. The summed E-state index contributed by atoms with van der Waals surface area (Å²) in [5, 5.41) is 6.18. The molecule has 0 aromatic heterocycles. The van der Waals surface area contributed by atoms with Crippen LogP contribution in [0, 0.1) is 11.3 Å². The number of benzene rings is 1. The van der Waals surface area contributed by atoms with E-state index in [0.717, 1.165) is 5.56 Å². The molecule has 0 unspecified atom stereocenters. The van der Waals surface area contributed by atoms with Crippen molar-refractivity contribution in [3.63, 3.8) is 0 Å². The highest BCUT2D eigenvalue weighted by atomic mass is 16.2. The molecule has 7 heteroatoms. The number of rotatable bonds is 10. The fourth-order valence-electron chi connectivity index (χ4n) is 4.17. The standard InChI is InChI=1S/C27H44N4O3/c1-17(2)20(16-18(3)23(28)32)31(10)25(34)22(26(4,5)6)30-24(33)21(29-9)27(7,8)19-14-12-11-13-15-19/h11-17,20-22,29H,1-10H3,(H2,28,32)(H,30,33)/t20-,21+,22-/m1/s1. The Labute approximate surface area is 205 Å². The van der Waals surface area contributed by atoms with Crippen molar-refractivity contribution in [2.75, 3.05) is 14.1 Å². The topological polar surface area (TPSA) is 105 Å². The third kappa shape index (κ3) is 7.16. The van der Waals surface area contributed by atoms with Crippen LogP contribution in [0.1, 0.15) is 61.0 Å².